The molecule has 1 aromatic rings. The molecule has 0 radical (unpaired) electrons. The maximum atomic E-state index is 9.74. The van der Waals surface area contributed by atoms with Crippen LogP contribution in [0.5, 0.6) is 0 Å². The number of hydrogen-bond acceptors (Lipinski definition) is 4. The molecule has 0 aliphatic carbocycles. The Labute approximate surface area is 84.7 Å². The maximum absolute atomic E-state index is 9.74. The maximum Gasteiger partial charge on any atom is 0.265 e. The molecule has 0 aromatic carbocycles. The number of aromatic nitrogens is 1. The van der Waals surface area contributed by atoms with Gasteiger partial charge in [-0.25, -0.2) is 0 Å². The van der Waals surface area contributed by atoms with Gasteiger partial charge in [-0.3, -0.25) is 9.54 Å². The van der Waals surface area contributed by atoms with E-state index in [4.69, 9.17) is 4.55 Å². The third-order valence-electron chi connectivity index (χ3n) is 0.916. The molecule has 0 spiro atoms. The average Bonchev–Trinajstić information content (AvgIpc) is 2.06. The third-order valence-corrected chi connectivity index (χ3v) is 2.16. The Morgan fingerprint density at radius 2 is 1.85 bits per heavy atom. The molecule has 0 atom stereocenters. The molecule has 1 N–H and O–H groups in total. The van der Waals surface area contributed by atoms with Crippen LogP contribution in [0.2, 0.25) is 0 Å². The Morgan fingerprint density at radius 3 is 1.92 bits per heavy atom. The second-order valence-electron chi connectivity index (χ2n) is 2.03. The van der Waals surface area contributed by atoms with E-state index in [9.17, 15) is 8.42 Å². The highest BCUT2D eigenvalue weighted by molar-refractivity contribution is 7.87. The summed E-state index contributed by atoms with van der Waals surface area (Å²) >= 11 is 3.57. The number of thiol groups is 1. The number of nitrogens with zero attached hydrogens (tertiary/aromatic N) is 1. The first-order valence-electron chi connectivity index (χ1n) is 3.47. The largest absolute Gasteiger partial charge is 0.286 e. The van der Waals surface area contributed by atoms with Crippen LogP contribution in [0.1, 0.15) is 1.43 Å². The van der Waals surface area contributed by atoms with Gasteiger partial charge in [0.25, 0.3) is 10.1 Å². The van der Waals surface area contributed by atoms with E-state index in [1.807, 2.05) is 18.2 Å². The molecule has 1 heterocycles. The number of rotatable bonds is 2. The van der Waals surface area contributed by atoms with Crippen molar-refractivity contribution in [1.29, 1.82) is 0 Å². The summed E-state index contributed by atoms with van der Waals surface area (Å²) in [4.78, 5) is 3.78. The minimum atomic E-state index is -3.75. The van der Waals surface area contributed by atoms with Crippen molar-refractivity contribution in [2.24, 2.45) is 0 Å². The van der Waals surface area contributed by atoms with Crippen molar-refractivity contribution in [2.45, 2.75) is 0 Å². The first-order valence-corrected chi connectivity index (χ1v) is 5.71. The summed E-state index contributed by atoms with van der Waals surface area (Å²) in [6.07, 6.45) is 3.50. The normalized spacial score (nSPS) is 10.0. The van der Waals surface area contributed by atoms with Gasteiger partial charge in [0, 0.05) is 19.6 Å². The lowest BCUT2D eigenvalue weighted by Gasteiger charge is -1.85. The standard InChI is InChI=1S/C5H5N.C2H6O3S2.H2/c1-2-4-6-5-3-1;3-7(4,5)2-1-6;/h1-5H;6H,1-2H2,(H,3,4,5);1H. The molecule has 0 bridgehead atoms. The van der Waals surface area contributed by atoms with Crippen LogP contribution in [0.3, 0.4) is 0 Å². The first-order chi connectivity index (χ1) is 6.06. The van der Waals surface area contributed by atoms with Gasteiger partial charge >= 0.3 is 0 Å². The van der Waals surface area contributed by atoms with E-state index in [1.54, 1.807) is 12.4 Å². The van der Waals surface area contributed by atoms with E-state index in [2.05, 4.69) is 17.6 Å². The van der Waals surface area contributed by atoms with E-state index in [-0.39, 0.29) is 12.9 Å². The zero-order valence-electron chi connectivity index (χ0n) is 6.87. The Bertz CT molecular complexity index is 277. The summed E-state index contributed by atoms with van der Waals surface area (Å²) in [5, 5.41) is 0. The zero-order chi connectivity index (χ0) is 10.2. The highest BCUT2D eigenvalue weighted by atomic mass is 32.2. The molecule has 4 nitrogen and oxygen atoms in total. The molecular formula is C7H13NO3S2. The van der Waals surface area contributed by atoms with Crippen molar-refractivity contribution in [3.63, 3.8) is 0 Å². The highest BCUT2D eigenvalue weighted by Crippen LogP contribution is 1.81. The quantitative estimate of drug-likeness (QED) is 0.582. The molecule has 6 heteroatoms. The molecule has 0 saturated heterocycles. The minimum absolute atomic E-state index is 0. The van der Waals surface area contributed by atoms with Crippen LogP contribution in [0.25, 0.3) is 0 Å². The van der Waals surface area contributed by atoms with Crippen LogP contribution in [0.4, 0.5) is 0 Å². The number of hydrogen-bond donors (Lipinski definition) is 2. The van der Waals surface area contributed by atoms with Crippen LogP contribution in [-0.2, 0) is 10.1 Å². The molecule has 0 aliphatic rings. The van der Waals surface area contributed by atoms with Gasteiger partial charge in [0.1, 0.15) is 0 Å². The Hall–Kier alpha value is -0.590. The van der Waals surface area contributed by atoms with Gasteiger partial charge in [-0.1, -0.05) is 6.07 Å². The van der Waals surface area contributed by atoms with E-state index in [0.29, 0.717) is 0 Å². The molecule has 0 saturated carbocycles. The van der Waals surface area contributed by atoms with Crippen molar-refractivity contribution < 1.29 is 14.4 Å². The van der Waals surface area contributed by atoms with E-state index < -0.39 is 10.1 Å². The van der Waals surface area contributed by atoms with Crippen LogP contribution < -0.4 is 0 Å². The molecule has 0 aliphatic heterocycles. The predicted molar refractivity (Wildman–Crippen MR) is 56.6 cm³/mol. The SMILES string of the molecule is O=S(=O)(O)CCS.[HH].c1ccncc1. The van der Waals surface area contributed by atoms with Gasteiger partial charge in [0.2, 0.25) is 0 Å². The lowest BCUT2D eigenvalue weighted by atomic mass is 10.5. The second-order valence-corrected chi connectivity index (χ2v) is 4.05. The van der Waals surface area contributed by atoms with E-state index >= 15 is 0 Å². The van der Waals surface area contributed by atoms with Gasteiger partial charge in [-0.05, 0) is 12.1 Å². The summed E-state index contributed by atoms with van der Waals surface area (Å²) < 4.78 is 27.4. The van der Waals surface area contributed by atoms with E-state index in [1.165, 1.54) is 0 Å². The molecule has 13 heavy (non-hydrogen) atoms. The molecule has 0 fully saturated rings. The Kier molecular flexibility index (Phi) is 6.56. The third kappa shape index (κ3) is 11.4. The monoisotopic (exact) mass is 223 g/mol. The van der Waals surface area contributed by atoms with Crippen molar-refractivity contribution in [3.05, 3.63) is 30.6 Å². The lowest BCUT2D eigenvalue weighted by molar-refractivity contribution is 0.485. The Balaban J connectivity index is 0. The van der Waals surface area contributed by atoms with E-state index in [0.717, 1.165) is 0 Å². The van der Waals surface area contributed by atoms with Crippen LogP contribution >= 0.6 is 12.6 Å². The highest BCUT2D eigenvalue weighted by Gasteiger charge is 1.98. The minimum Gasteiger partial charge on any atom is -0.286 e. The first kappa shape index (κ1) is 12.4. The zero-order valence-corrected chi connectivity index (χ0v) is 8.58. The second kappa shape index (κ2) is 6.88. The van der Waals surface area contributed by atoms with Crippen molar-refractivity contribution >= 4 is 22.7 Å². The Morgan fingerprint density at radius 1 is 1.31 bits per heavy atom. The molecule has 76 valence electrons. The fourth-order valence-corrected chi connectivity index (χ4v) is 1.35. The van der Waals surface area contributed by atoms with Gasteiger partial charge in [-0.15, -0.1) is 0 Å². The van der Waals surface area contributed by atoms with Gasteiger partial charge in [-0.2, -0.15) is 21.0 Å². The summed E-state index contributed by atoms with van der Waals surface area (Å²) in [7, 11) is -3.75. The van der Waals surface area contributed by atoms with Crippen LogP contribution in [0, 0.1) is 0 Å². The molecular weight excluding hydrogens is 210 g/mol. The summed E-state index contributed by atoms with van der Waals surface area (Å²) in [6.45, 7) is 0. The summed E-state index contributed by atoms with van der Waals surface area (Å²) in [5.74, 6) is -0.102. The van der Waals surface area contributed by atoms with Crippen molar-refractivity contribution in [2.75, 3.05) is 11.5 Å². The topological polar surface area (TPSA) is 67.3 Å². The molecule has 1 rings (SSSR count). The predicted octanol–water partition coefficient (Wildman–Crippen LogP) is 1.13. The molecule has 0 amide bonds. The van der Waals surface area contributed by atoms with Gasteiger partial charge < -0.3 is 0 Å². The smallest absolute Gasteiger partial charge is 0.265 e. The van der Waals surface area contributed by atoms with Crippen LogP contribution in [-0.4, -0.2) is 29.5 Å². The van der Waals surface area contributed by atoms with Crippen LogP contribution in [0.15, 0.2) is 30.6 Å². The fraction of sp³-hybridized carbons (Fsp3) is 0.286. The lowest BCUT2D eigenvalue weighted by Crippen LogP contribution is -2.03. The number of pyridine rings is 1. The fourth-order valence-electron chi connectivity index (χ4n) is 0.428. The van der Waals surface area contributed by atoms with Crippen molar-refractivity contribution in [1.82, 2.24) is 4.98 Å². The molecule has 1 aromatic heterocycles. The average molecular weight is 223 g/mol. The summed E-state index contributed by atoms with van der Waals surface area (Å²) in [6, 6.07) is 5.72. The van der Waals surface area contributed by atoms with Gasteiger partial charge in [0.05, 0.1) is 5.75 Å². The summed E-state index contributed by atoms with van der Waals surface area (Å²) in [5.41, 5.74) is 0. The molecule has 0 unspecified atom stereocenters. The van der Waals surface area contributed by atoms with Gasteiger partial charge in [0.15, 0.2) is 0 Å². The van der Waals surface area contributed by atoms with Crippen molar-refractivity contribution in [3.8, 4) is 0 Å².